The molecule has 1 aromatic heterocycles. The summed E-state index contributed by atoms with van der Waals surface area (Å²) in [6.07, 6.45) is 0.0699. The maximum absolute atomic E-state index is 5.57. The Morgan fingerprint density at radius 2 is 2.31 bits per heavy atom. The van der Waals surface area contributed by atoms with E-state index in [4.69, 9.17) is 16.3 Å². The van der Waals surface area contributed by atoms with Crippen molar-refractivity contribution in [2.45, 2.75) is 13.0 Å². The monoisotopic (exact) mass is 201 g/mol. The predicted molar refractivity (Wildman–Crippen MR) is 51.1 cm³/mol. The molecule has 0 aromatic carbocycles. The summed E-state index contributed by atoms with van der Waals surface area (Å²) in [7, 11) is 1.87. The molecule has 0 amide bonds. The van der Waals surface area contributed by atoms with E-state index in [9.17, 15) is 0 Å². The van der Waals surface area contributed by atoms with Gasteiger partial charge in [-0.1, -0.05) is 11.6 Å². The van der Waals surface area contributed by atoms with Crippen LogP contribution < -0.4 is 10.1 Å². The van der Waals surface area contributed by atoms with E-state index in [1.165, 1.54) is 0 Å². The van der Waals surface area contributed by atoms with E-state index in [0.29, 0.717) is 11.0 Å². The second-order valence-electron chi connectivity index (χ2n) is 2.68. The SMILES string of the molecule is CNCC(C)Oc1ccc(Cl)nn1. The van der Waals surface area contributed by atoms with Crippen LogP contribution in [0.15, 0.2) is 12.1 Å². The molecule has 0 aliphatic carbocycles. The molecule has 1 rings (SSSR count). The zero-order valence-electron chi connectivity index (χ0n) is 7.62. The fourth-order valence-corrected chi connectivity index (χ4v) is 1.00. The first-order valence-corrected chi connectivity index (χ1v) is 4.40. The lowest BCUT2D eigenvalue weighted by Crippen LogP contribution is -2.26. The average molecular weight is 202 g/mol. The highest BCUT2D eigenvalue weighted by Gasteiger charge is 2.03. The van der Waals surface area contributed by atoms with Gasteiger partial charge in [0, 0.05) is 12.6 Å². The predicted octanol–water partition coefficient (Wildman–Crippen LogP) is 1.12. The minimum atomic E-state index is 0.0699. The first-order valence-electron chi connectivity index (χ1n) is 4.03. The normalized spacial score (nSPS) is 12.5. The largest absolute Gasteiger partial charge is 0.472 e. The Hall–Kier alpha value is -0.870. The van der Waals surface area contributed by atoms with Gasteiger partial charge in [-0.3, -0.25) is 0 Å². The molecule has 5 heteroatoms. The number of ether oxygens (including phenoxy) is 1. The number of rotatable bonds is 4. The molecule has 1 heterocycles. The van der Waals surface area contributed by atoms with Gasteiger partial charge in [-0.05, 0) is 20.0 Å². The molecule has 72 valence electrons. The summed E-state index contributed by atoms with van der Waals surface area (Å²) in [5.74, 6) is 0.493. The van der Waals surface area contributed by atoms with Crippen molar-refractivity contribution in [3.63, 3.8) is 0 Å². The van der Waals surface area contributed by atoms with Crippen molar-refractivity contribution in [2.75, 3.05) is 13.6 Å². The van der Waals surface area contributed by atoms with E-state index >= 15 is 0 Å². The van der Waals surface area contributed by atoms with Crippen molar-refractivity contribution in [3.05, 3.63) is 17.3 Å². The first kappa shape index (κ1) is 10.2. The smallest absolute Gasteiger partial charge is 0.233 e. The molecule has 4 nitrogen and oxygen atoms in total. The van der Waals surface area contributed by atoms with Gasteiger partial charge in [0.05, 0.1) is 0 Å². The number of nitrogens with zero attached hydrogens (tertiary/aromatic N) is 2. The van der Waals surface area contributed by atoms with Crippen molar-refractivity contribution in [1.29, 1.82) is 0 Å². The molecule has 1 N–H and O–H groups in total. The average Bonchev–Trinajstić information content (AvgIpc) is 2.09. The van der Waals surface area contributed by atoms with Crippen LogP contribution in [0.5, 0.6) is 5.88 Å². The van der Waals surface area contributed by atoms with Crippen LogP contribution in [0.4, 0.5) is 0 Å². The van der Waals surface area contributed by atoms with E-state index in [1.54, 1.807) is 12.1 Å². The lowest BCUT2D eigenvalue weighted by atomic mass is 10.4. The summed E-state index contributed by atoms with van der Waals surface area (Å²) >= 11 is 5.57. The second-order valence-corrected chi connectivity index (χ2v) is 3.07. The number of hydrogen-bond acceptors (Lipinski definition) is 4. The van der Waals surface area contributed by atoms with Gasteiger partial charge in [0.2, 0.25) is 5.88 Å². The highest BCUT2D eigenvalue weighted by atomic mass is 35.5. The van der Waals surface area contributed by atoms with Crippen LogP contribution >= 0.6 is 11.6 Å². The zero-order chi connectivity index (χ0) is 9.68. The van der Waals surface area contributed by atoms with Crippen molar-refractivity contribution in [1.82, 2.24) is 15.5 Å². The van der Waals surface area contributed by atoms with E-state index < -0.39 is 0 Å². The van der Waals surface area contributed by atoms with Crippen LogP contribution in [-0.2, 0) is 0 Å². The molecule has 0 bridgehead atoms. The van der Waals surface area contributed by atoms with E-state index in [2.05, 4.69) is 15.5 Å². The van der Waals surface area contributed by atoms with Crippen molar-refractivity contribution >= 4 is 11.6 Å². The van der Waals surface area contributed by atoms with Crippen molar-refractivity contribution in [2.24, 2.45) is 0 Å². The maximum atomic E-state index is 5.57. The summed E-state index contributed by atoms with van der Waals surface area (Å²) in [5, 5.41) is 10.8. The highest BCUT2D eigenvalue weighted by molar-refractivity contribution is 6.29. The third-order valence-corrected chi connectivity index (χ3v) is 1.62. The van der Waals surface area contributed by atoms with Gasteiger partial charge >= 0.3 is 0 Å². The van der Waals surface area contributed by atoms with Crippen LogP contribution in [0.2, 0.25) is 5.15 Å². The Kier molecular flexibility index (Phi) is 3.92. The molecule has 1 unspecified atom stereocenters. The Balaban J connectivity index is 2.49. The van der Waals surface area contributed by atoms with Gasteiger partial charge in [0.1, 0.15) is 6.10 Å². The molecular weight excluding hydrogens is 190 g/mol. The summed E-state index contributed by atoms with van der Waals surface area (Å²) in [4.78, 5) is 0. The van der Waals surface area contributed by atoms with Gasteiger partial charge in [-0.2, -0.15) is 0 Å². The van der Waals surface area contributed by atoms with Gasteiger partial charge in [-0.15, -0.1) is 10.2 Å². The third-order valence-electron chi connectivity index (χ3n) is 1.42. The first-order chi connectivity index (χ1) is 6.22. The maximum Gasteiger partial charge on any atom is 0.233 e. The van der Waals surface area contributed by atoms with Crippen molar-refractivity contribution < 1.29 is 4.74 Å². The van der Waals surface area contributed by atoms with Gasteiger partial charge in [0.25, 0.3) is 0 Å². The Morgan fingerprint density at radius 3 is 2.85 bits per heavy atom. The van der Waals surface area contributed by atoms with Crippen LogP contribution in [-0.4, -0.2) is 29.9 Å². The molecule has 13 heavy (non-hydrogen) atoms. The van der Waals surface area contributed by atoms with Gasteiger partial charge in [-0.25, -0.2) is 0 Å². The molecule has 0 saturated heterocycles. The minimum absolute atomic E-state index is 0.0699. The Labute approximate surface area is 82.3 Å². The lowest BCUT2D eigenvalue weighted by Gasteiger charge is -2.12. The van der Waals surface area contributed by atoms with Gasteiger partial charge < -0.3 is 10.1 Å². The second kappa shape index (κ2) is 4.99. The van der Waals surface area contributed by atoms with Crippen LogP contribution in [0.3, 0.4) is 0 Å². The van der Waals surface area contributed by atoms with Crippen molar-refractivity contribution in [3.8, 4) is 5.88 Å². The fraction of sp³-hybridized carbons (Fsp3) is 0.500. The summed E-state index contributed by atoms with van der Waals surface area (Å²) in [6, 6.07) is 3.34. The van der Waals surface area contributed by atoms with Crippen LogP contribution in [0.25, 0.3) is 0 Å². The Bertz CT molecular complexity index is 252. The van der Waals surface area contributed by atoms with Gasteiger partial charge in [0.15, 0.2) is 5.15 Å². The number of aromatic nitrogens is 2. The molecule has 1 aromatic rings. The van der Waals surface area contributed by atoms with E-state index in [-0.39, 0.29) is 6.10 Å². The molecule has 0 radical (unpaired) electrons. The Morgan fingerprint density at radius 1 is 1.54 bits per heavy atom. The third kappa shape index (κ3) is 3.57. The number of halogens is 1. The van der Waals surface area contributed by atoms with E-state index in [1.807, 2.05) is 14.0 Å². The fourth-order valence-electron chi connectivity index (χ4n) is 0.902. The lowest BCUT2D eigenvalue weighted by molar-refractivity contribution is 0.209. The molecule has 0 spiro atoms. The molecule has 1 atom stereocenters. The number of likely N-dealkylation sites (N-methyl/N-ethyl adjacent to an activating group) is 1. The standard InChI is InChI=1S/C8H12ClN3O/c1-6(5-10-2)13-8-4-3-7(9)11-12-8/h3-4,6,10H,5H2,1-2H3. The summed E-state index contributed by atoms with van der Waals surface area (Å²) in [5.41, 5.74) is 0. The quantitative estimate of drug-likeness (QED) is 0.793. The molecule has 0 saturated carbocycles. The van der Waals surface area contributed by atoms with Crippen LogP contribution in [0, 0.1) is 0 Å². The molecular formula is C8H12ClN3O. The zero-order valence-corrected chi connectivity index (χ0v) is 8.38. The molecule has 0 aliphatic rings. The summed E-state index contributed by atoms with van der Waals surface area (Å²) in [6.45, 7) is 2.72. The van der Waals surface area contributed by atoms with E-state index in [0.717, 1.165) is 6.54 Å². The topological polar surface area (TPSA) is 47.0 Å². The highest BCUT2D eigenvalue weighted by Crippen LogP contribution is 2.09. The number of nitrogens with one attached hydrogen (secondary N) is 1. The molecule has 0 fully saturated rings. The number of hydrogen-bond donors (Lipinski definition) is 1. The van der Waals surface area contributed by atoms with Crippen LogP contribution in [0.1, 0.15) is 6.92 Å². The minimum Gasteiger partial charge on any atom is -0.472 e. The molecule has 0 aliphatic heterocycles. The summed E-state index contributed by atoms with van der Waals surface area (Å²) < 4.78 is 5.41.